The normalized spacial score (nSPS) is 22.5. The van der Waals surface area contributed by atoms with Crippen LogP contribution in [0.5, 0.6) is 17.2 Å². The number of carbonyl (C=O) groups is 3. The molecule has 31 heavy (non-hydrogen) atoms. The zero-order valence-corrected chi connectivity index (χ0v) is 18.6. The van der Waals surface area contributed by atoms with E-state index in [1.54, 1.807) is 24.1 Å². The third kappa shape index (κ3) is 3.72. The fourth-order valence-corrected chi connectivity index (χ4v) is 4.93. The molecule has 1 aromatic rings. The highest BCUT2D eigenvalue weighted by atomic mass is 16.5. The van der Waals surface area contributed by atoms with Gasteiger partial charge in [0.1, 0.15) is 5.60 Å². The van der Waals surface area contributed by atoms with Gasteiger partial charge in [0.2, 0.25) is 17.6 Å². The van der Waals surface area contributed by atoms with Crippen LogP contribution < -0.4 is 14.2 Å². The molecule has 0 saturated carbocycles. The molecule has 1 atom stereocenters. The third-order valence-corrected chi connectivity index (χ3v) is 6.72. The van der Waals surface area contributed by atoms with Crippen molar-refractivity contribution in [2.75, 3.05) is 33.9 Å². The molecule has 3 heterocycles. The lowest BCUT2D eigenvalue weighted by molar-refractivity contribution is -0.139. The highest BCUT2D eigenvalue weighted by Gasteiger charge is 2.46. The molecule has 0 N–H and O–H groups in total. The first-order chi connectivity index (χ1) is 14.8. The van der Waals surface area contributed by atoms with Crippen LogP contribution in [0.4, 0.5) is 0 Å². The Bertz CT molecular complexity index is 904. The van der Waals surface area contributed by atoms with Gasteiger partial charge in [-0.25, -0.2) is 0 Å². The van der Waals surface area contributed by atoms with E-state index >= 15 is 0 Å². The Morgan fingerprint density at radius 1 is 1.16 bits per heavy atom. The zero-order valence-electron chi connectivity index (χ0n) is 18.6. The van der Waals surface area contributed by atoms with E-state index in [4.69, 9.17) is 14.2 Å². The molecule has 3 aliphatic heterocycles. The SMILES string of the molecule is COc1ccc2c(c1OC)OC1(CCN(C(=O)C3CC(=O)N(C(C)C)C3)CC1)CC2=O. The van der Waals surface area contributed by atoms with Crippen LogP contribution in [0, 0.1) is 5.92 Å². The van der Waals surface area contributed by atoms with E-state index in [-0.39, 0.29) is 42.4 Å². The van der Waals surface area contributed by atoms with E-state index in [1.807, 2.05) is 18.7 Å². The van der Waals surface area contributed by atoms with E-state index in [1.165, 1.54) is 7.11 Å². The Morgan fingerprint density at radius 2 is 1.87 bits per heavy atom. The van der Waals surface area contributed by atoms with E-state index in [2.05, 4.69) is 0 Å². The minimum absolute atomic E-state index is 0.0101. The second-order valence-electron chi connectivity index (χ2n) is 8.93. The summed E-state index contributed by atoms with van der Waals surface area (Å²) in [6.45, 7) is 5.42. The average Bonchev–Trinajstić information content (AvgIpc) is 3.15. The molecule has 3 aliphatic rings. The number of piperidine rings is 1. The van der Waals surface area contributed by atoms with Crippen LogP contribution in [0.1, 0.15) is 49.9 Å². The van der Waals surface area contributed by atoms with E-state index < -0.39 is 5.60 Å². The second kappa shape index (κ2) is 8.05. The number of methoxy groups -OCH3 is 2. The first kappa shape index (κ1) is 21.5. The number of ether oxygens (including phenoxy) is 3. The van der Waals surface area contributed by atoms with E-state index in [9.17, 15) is 14.4 Å². The molecule has 8 heteroatoms. The van der Waals surface area contributed by atoms with Gasteiger partial charge in [0, 0.05) is 44.9 Å². The number of fused-ring (bicyclic) bond motifs is 1. The third-order valence-electron chi connectivity index (χ3n) is 6.72. The number of likely N-dealkylation sites (tertiary alicyclic amines) is 2. The lowest BCUT2D eigenvalue weighted by Crippen LogP contribution is -2.53. The summed E-state index contributed by atoms with van der Waals surface area (Å²) in [6.07, 6.45) is 1.66. The Kier molecular flexibility index (Phi) is 5.58. The summed E-state index contributed by atoms with van der Waals surface area (Å²) in [4.78, 5) is 41.7. The molecular weight excluding hydrogens is 400 g/mol. The standard InChI is InChI=1S/C23H30N2O6/c1-14(2)25-13-15(11-19(25)27)22(28)24-9-7-23(8-10-24)12-17(26)16-5-6-18(29-3)21(30-4)20(16)31-23/h5-6,14-15H,7-13H2,1-4H3. The lowest BCUT2D eigenvalue weighted by atomic mass is 9.82. The maximum atomic E-state index is 13.0. The predicted octanol–water partition coefficient (Wildman–Crippen LogP) is 2.29. The Hall–Kier alpha value is -2.77. The molecule has 2 saturated heterocycles. The van der Waals surface area contributed by atoms with Crippen molar-refractivity contribution in [2.45, 2.75) is 51.2 Å². The van der Waals surface area contributed by atoms with Crippen molar-refractivity contribution in [3.8, 4) is 17.2 Å². The van der Waals surface area contributed by atoms with Gasteiger partial charge in [-0.3, -0.25) is 14.4 Å². The molecule has 0 aliphatic carbocycles. The molecule has 1 spiro atoms. The average molecular weight is 431 g/mol. The summed E-state index contributed by atoms with van der Waals surface area (Å²) in [5.41, 5.74) is -0.157. The van der Waals surface area contributed by atoms with Gasteiger partial charge < -0.3 is 24.0 Å². The van der Waals surface area contributed by atoms with Crippen molar-refractivity contribution in [1.29, 1.82) is 0 Å². The molecule has 0 bridgehead atoms. The van der Waals surface area contributed by atoms with Crippen LogP contribution >= 0.6 is 0 Å². The predicted molar refractivity (Wildman–Crippen MR) is 113 cm³/mol. The van der Waals surface area contributed by atoms with Gasteiger partial charge >= 0.3 is 0 Å². The fraction of sp³-hybridized carbons (Fsp3) is 0.609. The van der Waals surface area contributed by atoms with Gasteiger partial charge in [-0.15, -0.1) is 0 Å². The van der Waals surface area contributed by atoms with E-state index in [0.717, 1.165) is 0 Å². The topological polar surface area (TPSA) is 85.4 Å². The largest absolute Gasteiger partial charge is 0.493 e. The van der Waals surface area contributed by atoms with Crippen LogP contribution in [0.3, 0.4) is 0 Å². The van der Waals surface area contributed by atoms with Gasteiger partial charge in [0.05, 0.1) is 32.1 Å². The van der Waals surface area contributed by atoms with Crippen LogP contribution in [0.2, 0.25) is 0 Å². The molecular formula is C23H30N2O6. The molecule has 1 aromatic carbocycles. The molecule has 0 radical (unpaired) electrons. The van der Waals surface area contributed by atoms with E-state index in [0.29, 0.717) is 55.3 Å². The van der Waals surface area contributed by atoms with Gasteiger partial charge in [0.15, 0.2) is 17.3 Å². The van der Waals surface area contributed by atoms with Gasteiger partial charge in [-0.2, -0.15) is 0 Å². The first-order valence-electron chi connectivity index (χ1n) is 10.8. The molecule has 1 unspecified atom stereocenters. The summed E-state index contributed by atoms with van der Waals surface area (Å²) in [5.74, 6) is 1.14. The zero-order chi connectivity index (χ0) is 22.3. The summed E-state index contributed by atoms with van der Waals surface area (Å²) >= 11 is 0. The molecule has 2 amide bonds. The number of amides is 2. The van der Waals surface area contributed by atoms with Gasteiger partial charge in [0.25, 0.3) is 0 Å². The minimum atomic E-state index is -0.657. The number of benzene rings is 1. The van der Waals surface area contributed by atoms with Crippen molar-refractivity contribution in [2.24, 2.45) is 5.92 Å². The molecule has 4 rings (SSSR count). The van der Waals surface area contributed by atoms with Crippen molar-refractivity contribution >= 4 is 17.6 Å². The fourth-order valence-electron chi connectivity index (χ4n) is 4.93. The quantitative estimate of drug-likeness (QED) is 0.729. The summed E-state index contributed by atoms with van der Waals surface area (Å²) < 4.78 is 17.2. The monoisotopic (exact) mass is 430 g/mol. The van der Waals surface area contributed by atoms with Crippen LogP contribution in [-0.4, -0.2) is 72.9 Å². The van der Waals surface area contributed by atoms with Crippen molar-refractivity contribution in [3.05, 3.63) is 17.7 Å². The molecule has 168 valence electrons. The maximum absolute atomic E-state index is 13.0. The van der Waals surface area contributed by atoms with Crippen molar-refractivity contribution in [3.63, 3.8) is 0 Å². The summed E-state index contributed by atoms with van der Waals surface area (Å²) in [5, 5.41) is 0. The highest BCUT2D eigenvalue weighted by molar-refractivity contribution is 6.01. The second-order valence-corrected chi connectivity index (χ2v) is 8.93. The lowest BCUT2D eigenvalue weighted by Gasteiger charge is -2.44. The highest BCUT2D eigenvalue weighted by Crippen LogP contribution is 2.48. The van der Waals surface area contributed by atoms with Crippen LogP contribution in [-0.2, 0) is 9.59 Å². The molecule has 2 fully saturated rings. The number of ketones is 1. The number of Topliss-reactive ketones (excluding diaryl/α,β-unsaturated/α-hetero) is 1. The number of rotatable bonds is 4. The number of carbonyl (C=O) groups excluding carboxylic acids is 3. The number of hydrogen-bond donors (Lipinski definition) is 0. The first-order valence-corrected chi connectivity index (χ1v) is 10.8. The number of nitrogens with zero attached hydrogens (tertiary/aromatic N) is 2. The summed E-state index contributed by atoms with van der Waals surface area (Å²) in [7, 11) is 3.07. The van der Waals surface area contributed by atoms with Crippen LogP contribution in [0.15, 0.2) is 12.1 Å². The molecule has 0 aromatic heterocycles. The number of hydrogen-bond acceptors (Lipinski definition) is 6. The van der Waals surface area contributed by atoms with Crippen molar-refractivity contribution in [1.82, 2.24) is 9.80 Å². The smallest absolute Gasteiger partial charge is 0.227 e. The Morgan fingerprint density at radius 3 is 2.45 bits per heavy atom. The maximum Gasteiger partial charge on any atom is 0.227 e. The minimum Gasteiger partial charge on any atom is -0.493 e. The Labute approximate surface area is 182 Å². The summed E-state index contributed by atoms with van der Waals surface area (Å²) in [6, 6.07) is 3.52. The van der Waals surface area contributed by atoms with Crippen LogP contribution in [0.25, 0.3) is 0 Å². The molecule has 8 nitrogen and oxygen atoms in total. The Balaban J connectivity index is 1.47. The van der Waals surface area contributed by atoms with Gasteiger partial charge in [-0.1, -0.05) is 0 Å². The van der Waals surface area contributed by atoms with Crippen molar-refractivity contribution < 1.29 is 28.6 Å². The van der Waals surface area contributed by atoms with Gasteiger partial charge in [-0.05, 0) is 26.0 Å².